The van der Waals surface area contributed by atoms with Crippen LogP contribution in [0.2, 0.25) is 0 Å². The lowest BCUT2D eigenvalue weighted by Crippen LogP contribution is -2.38. The van der Waals surface area contributed by atoms with Crippen LogP contribution < -0.4 is 4.74 Å². The van der Waals surface area contributed by atoms with Gasteiger partial charge in [-0.1, -0.05) is 6.07 Å². The first-order chi connectivity index (χ1) is 10.0. The fraction of sp³-hybridized carbons (Fsp3) is 0.385. The van der Waals surface area contributed by atoms with Crippen LogP contribution in [0.15, 0.2) is 18.2 Å². The number of carboxylic acid groups (broad SMARTS) is 1. The maximum Gasteiger partial charge on any atom is 0.329 e. The predicted molar refractivity (Wildman–Crippen MR) is 68.8 cm³/mol. The minimum Gasteiger partial charge on any atom is -0.480 e. The average Bonchev–Trinajstić information content (AvgIpc) is 2.50. The Balaban J connectivity index is 2.91. The van der Waals surface area contributed by atoms with Crippen LogP contribution in [0.3, 0.4) is 0 Å². The first-order valence-corrected chi connectivity index (χ1v) is 5.99. The summed E-state index contributed by atoms with van der Waals surface area (Å²) in [5, 5.41) is 36.0. The molecule has 0 aliphatic rings. The van der Waals surface area contributed by atoms with Crippen molar-refractivity contribution in [3.63, 3.8) is 0 Å². The molecular formula is C13H16O8. The predicted octanol–water partition coefficient (Wildman–Crippen LogP) is -0.849. The number of aldehydes is 1. The molecule has 0 spiro atoms. The Hall–Kier alpha value is -2.00. The van der Waals surface area contributed by atoms with Crippen molar-refractivity contribution in [3.05, 3.63) is 29.3 Å². The Bertz CT molecular complexity index is 487. The molecule has 0 aliphatic heterocycles. The number of aliphatic carboxylic acids is 1. The van der Waals surface area contributed by atoms with E-state index in [1.807, 2.05) is 0 Å². The molecule has 0 unspecified atom stereocenters. The highest BCUT2D eigenvalue weighted by Crippen LogP contribution is 2.21. The van der Waals surface area contributed by atoms with Crippen LogP contribution in [0.4, 0.5) is 0 Å². The van der Waals surface area contributed by atoms with Gasteiger partial charge in [-0.15, -0.1) is 0 Å². The van der Waals surface area contributed by atoms with E-state index in [1.54, 1.807) is 0 Å². The molecular weight excluding hydrogens is 284 g/mol. The number of carboxylic acids is 1. The van der Waals surface area contributed by atoms with Crippen LogP contribution >= 0.6 is 0 Å². The van der Waals surface area contributed by atoms with Crippen LogP contribution in [-0.4, -0.2) is 58.3 Å². The smallest absolute Gasteiger partial charge is 0.329 e. The Labute approximate surface area is 120 Å². The molecule has 0 fully saturated rings. The Morgan fingerprint density at radius 1 is 1.33 bits per heavy atom. The van der Waals surface area contributed by atoms with Crippen molar-refractivity contribution in [2.45, 2.75) is 19.0 Å². The van der Waals surface area contributed by atoms with E-state index in [9.17, 15) is 14.7 Å². The molecule has 0 amide bonds. The zero-order valence-corrected chi connectivity index (χ0v) is 11.0. The van der Waals surface area contributed by atoms with E-state index in [-0.39, 0.29) is 17.9 Å². The number of aliphatic hydroxyl groups excluding tert-OH is 3. The van der Waals surface area contributed by atoms with Gasteiger partial charge in [0.15, 0.2) is 6.29 Å². The zero-order valence-electron chi connectivity index (χ0n) is 11.0. The summed E-state index contributed by atoms with van der Waals surface area (Å²) in [5.41, 5.74) is 0.575. The van der Waals surface area contributed by atoms with Gasteiger partial charge >= 0.3 is 5.97 Å². The van der Waals surface area contributed by atoms with E-state index in [4.69, 9.17) is 24.8 Å². The number of aliphatic hydroxyl groups is 3. The first-order valence-electron chi connectivity index (χ1n) is 5.99. The Kier molecular flexibility index (Phi) is 6.76. The van der Waals surface area contributed by atoms with Gasteiger partial charge in [0.25, 0.3) is 0 Å². The third kappa shape index (κ3) is 5.12. The van der Waals surface area contributed by atoms with Crippen LogP contribution in [0.5, 0.6) is 5.75 Å². The summed E-state index contributed by atoms with van der Waals surface area (Å²) in [4.78, 5) is 21.4. The maximum absolute atomic E-state index is 11.0. The molecule has 0 saturated heterocycles. The summed E-state index contributed by atoms with van der Waals surface area (Å²) in [6.07, 6.45) is -2.46. The van der Waals surface area contributed by atoms with Gasteiger partial charge in [-0.3, -0.25) is 4.79 Å². The van der Waals surface area contributed by atoms with Crippen molar-refractivity contribution >= 4 is 12.3 Å². The second-order valence-corrected chi connectivity index (χ2v) is 4.09. The van der Waals surface area contributed by atoms with Crippen LogP contribution in [0, 0.1) is 0 Å². The van der Waals surface area contributed by atoms with E-state index in [0.717, 1.165) is 0 Å². The second-order valence-electron chi connectivity index (χ2n) is 4.09. The lowest BCUT2D eigenvalue weighted by molar-refractivity contribution is -0.173. The van der Waals surface area contributed by atoms with Crippen LogP contribution in [-0.2, 0) is 16.1 Å². The van der Waals surface area contributed by atoms with Gasteiger partial charge in [0, 0.05) is 0 Å². The average molecular weight is 300 g/mol. The second kappa shape index (κ2) is 8.32. The van der Waals surface area contributed by atoms with Gasteiger partial charge in [0.05, 0.1) is 18.8 Å². The molecule has 0 aliphatic carbocycles. The highest BCUT2D eigenvalue weighted by Gasteiger charge is 2.23. The lowest BCUT2D eigenvalue weighted by Gasteiger charge is -2.23. The number of carbonyl (C=O) groups excluding carboxylic acids is 1. The van der Waals surface area contributed by atoms with E-state index in [0.29, 0.717) is 11.8 Å². The molecule has 21 heavy (non-hydrogen) atoms. The van der Waals surface area contributed by atoms with Gasteiger partial charge in [-0.25, -0.2) is 4.79 Å². The van der Waals surface area contributed by atoms with E-state index < -0.39 is 31.6 Å². The third-order valence-corrected chi connectivity index (χ3v) is 2.50. The Morgan fingerprint density at radius 2 is 2.05 bits per heavy atom. The largest absolute Gasteiger partial charge is 0.480 e. The topological polar surface area (TPSA) is 134 Å². The number of carbonyl (C=O) groups is 2. The van der Waals surface area contributed by atoms with Gasteiger partial charge in [0.2, 0.25) is 6.29 Å². The number of hydrogen-bond donors (Lipinski definition) is 4. The molecule has 1 aromatic rings. The number of benzene rings is 1. The molecule has 8 nitrogen and oxygen atoms in total. The third-order valence-electron chi connectivity index (χ3n) is 2.50. The number of hydrogen-bond acceptors (Lipinski definition) is 7. The fourth-order valence-corrected chi connectivity index (χ4v) is 1.48. The maximum atomic E-state index is 11.0. The fourth-order valence-electron chi connectivity index (χ4n) is 1.48. The summed E-state index contributed by atoms with van der Waals surface area (Å²) in [6, 6.07) is 4.24. The molecule has 0 bridgehead atoms. The van der Waals surface area contributed by atoms with Crippen LogP contribution in [0.1, 0.15) is 15.9 Å². The minimum atomic E-state index is -1.48. The summed E-state index contributed by atoms with van der Waals surface area (Å²) in [5.74, 6) is -1.25. The summed E-state index contributed by atoms with van der Waals surface area (Å²) in [6.45, 7) is -1.72. The first kappa shape index (κ1) is 17.1. The van der Waals surface area contributed by atoms with Crippen molar-refractivity contribution in [1.82, 2.24) is 0 Å². The molecule has 0 heterocycles. The van der Waals surface area contributed by atoms with Gasteiger partial charge in [-0.2, -0.15) is 0 Å². The quantitative estimate of drug-likeness (QED) is 0.342. The molecule has 116 valence electrons. The molecule has 0 radical (unpaired) electrons. The van der Waals surface area contributed by atoms with E-state index >= 15 is 0 Å². The SMILES string of the molecule is O=Cc1cc(CO)ccc1O[C@H](OCC(=O)O)[C@H](O)CO. The monoisotopic (exact) mass is 300 g/mol. The Morgan fingerprint density at radius 3 is 2.57 bits per heavy atom. The minimum absolute atomic E-state index is 0.0325. The van der Waals surface area contributed by atoms with E-state index in [2.05, 4.69) is 0 Å². The molecule has 4 N–H and O–H groups in total. The standard InChI is InChI=1S/C13H16O8/c14-4-8-1-2-11(9(3-8)5-15)21-13(10(17)6-16)20-7-12(18)19/h1-3,5,10,13-14,16-17H,4,6-7H2,(H,18,19)/t10-,13+/m1/s1. The van der Waals surface area contributed by atoms with Gasteiger partial charge < -0.3 is 29.9 Å². The molecule has 2 atom stereocenters. The van der Waals surface area contributed by atoms with E-state index in [1.165, 1.54) is 18.2 Å². The molecule has 8 heteroatoms. The van der Waals surface area contributed by atoms with Crippen LogP contribution in [0.25, 0.3) is 0 Å². The summed E-state index contributed by atoms with van der Waals surface area (Å²) >= 11 is 0. The summed E-state index contributed by atoms with van der Waals surface area (Å²) in [7, 11) is 0. The molecule has 0 aromatic heterocycles. The van der Waals surface area contributed by atoms with Crippen molar-refractivity contribution in [2.24, 2.45) is 0 Å². The van der Waals surface area contributed by atoms with Crippen molar-refractivity contribution in [3.8, 4) is 5.75 Å². The van der Waals surface area contributed by atoms with Crippen molar-refractivity contribution < 1.29 is 39.5 Å². The highest BCUT2D eigenvalue weighted by atomic mass is 16.7. The molecule has 1 aromatic carbocycles. The van der Waals surface area contributed by atoms with Crippen molar-refractivity contribution in [2.75, 3.05) is 13.2 Å². The zero-order chi connectivity index (χ0) is 15.8. The molecule has 0 saturated carbocycles. The highest BCUT2D eigenvalue weighted by molar-refractivity contribution is 5.79. The van der Waals surface area contributed by atoms with Gasteiger partial charge in [0.1, 0.15) is 18.5 Å². The number of rotatable bonds is 9. The summed E-state index contributed by atoms with van der Waals surface area (Å²) < 4.78 is 10.0. The van der Waals surface area contributed by atoms with Gasteiger partial charge in [-0.05, 0) is 17.7 Å². The lowest BCUT2D eigenvalue weighted by atomic mass is 10.1. The molecule has 1 rings (SSSR count). The van der Waals surface area contributed by atoms with Crippen molar-refractivity contribution in [1.29, 1.82) is 0 Å². The number of ether oxygens (including phenoxy) is 2. The normalized spacial score (nSPS) is 13.5.